The fraction of sp³-hybridized carbons (Fsp3) is 0.105. The number of carbonyl (C=O) groups is 1. The van der Waals surface area contributed by atoms with E-state index in [1.807, 2.05) is 0 Å². The molecule has 1 aliphatic carbocycles. The van der Waals surface area contributed by atoms with Crippen molar-refractivity contribution in [3.8, 4) is 0 Å². The van der Waals surface area contributed by atoms with Gasteiger partial charge in [0.15, 0.2) is 5.78 Å². The van der Waals surface area contributed by atoms with Crippen LogP contribution in [0.2, 0.25) is 20.1 Å². The monoisotopic (exact) mass is 396 g/mol. The third-order valence-electron chi connectivity index (χ3n) is 3.88. The minimum atomic E-state index is -0.0260. The van der Waals surface area contributed by atoms with Gasteiger partial charge in [-0.25, -0.2) is 0 Å². The number of carbonyl (C=O) groups excluding carboxylic acids is 1. The Kier molecular flexibility index (Phi) is 5.36. The Labute approximate surface area is 160 Å². The molecular formula is C19H12Cl4O. The van der Waals surface area contributed by atoms with Crippen LogP contribution in [-0.2, 0) is 4.79 Å². The van der Waals surface area contributed by atoms with Crippen molar-refractivity contribution >= 4 is 64.3 Å². The summed E-state index contributed by atoms with van der Waals surface area (Å²) in [5, 5.41) is 2.09. The van der Waals surface area contributed by atoms with Crippen molar-refractivity contribution in [3.63, 3.8) is 0 Å². The average molecular weight is 398 g/mol. The van der Waals surface area contributed by atoms with Crippen LogP contribution in [0, 0.1) is 0 Å². The second kappa shape index (κ2) is 7.33. The molecule has 1 nitrogen and oxygen atoms in total. The van der Waals surface area contributed by atoms with Crippen molar-refractivity contribution < 1.29 is 4.79 Å². The first-order valence-corrected chi connectivity index (χ1v) is 8.82. The summed E-state index contributed by atoms with van der Waals surface area (Å²) in [4.78, 5) is 12.7. The van der Waals surface area contributed by atoms with Crippen LogP contribution in [0.4, 0.5) is 0 Å². The highest BCUT2D eigenvalue weighted by Crippen LogP contribution is 2.35. The zero-order valence-electron chi connectivity index (χ0n) is 12.5. The van der Waals surface area contributed by atoms with E-state index in [0.29, 0.717) is 55.2 Å². The first kappa shape index (κ1) is 17.6. The fourth-order valence-electron chi connectivity index (χ4n) is 2.62. The molecule has 0 unspecified atom stereocenters. The van der Waals surface area contributed by atoms with Crippen molar-refractivity contribution in [3.05, 3.63) is 78.8 Å². The predicted octanol–water partition coefficient (Wildman–Crippen LogP) is 7.13. The number of allylic oxidation sites excluding steroid dienone is 2. The maximum absolute atomic E-state index is 12.7. The molecule has 2 aromatic rings. The van der Waals surface area contributed by atoms with E-state index in [2.05, 4.69) is 0 Å². The topological polar surface area (TPSA) is 17.1 Å². The Bertz CT molecular complexity index is 769. The van der Waals surface area contributed by atoms with Crippen LogP contribution < -0.4 is 0 Å². The Morgan fingerprint density at radius 1 is 0.667 bits per heavy atom. The molecule has 0 N–H and O–H groups in total. The van der Waals surface area contributed by atoms with Gasteiger partial charge in [-0.15, -0.1) is 0 Å². The van der Waals surface area contributed by atoms with Crippen LogP contribution in [0.1, 0.15) is 24.0 Å². The minimum absolute atomic E-state index is 0.0260. The lowest BCUT2D eigenvalue weighted by Gasteiger charge is -2.04. The van der Waals surface area contributed by atoms with Gasteiger partial charge in [-0.05, 0) is 49.3 Å². The lowest BCUT2D eigenvalue weighted by molar-refractivity contribution is -0.111. The van der Waals surface area contributed by atoms with E-state index in [0.717, 1.165) is 0 Å². The summed E-state index contributed by atoms with van der Waals surface area (Å²) in [5.41, 5.74) is 2.70. The van der Waals surface area contributed by atoms with Gasteiger partial charge >= 0.3 is 0 Å². The molecule has 3 rings (SSSR count). The summed E-state index contributed by atoms with van der Waals surface area (Å²) >= 11 is 24.7. The molecule has 1 aliphatic rings. The van der Waals surface area contributed by atoms with Gasteiger partial charge in [-0.1, -0.05) is 58.5 Å². The summed E-state index contributed by atoms with van der Waals surface area (Å²) in [6.07, 6.45) is 4.80. The molecule has 0 radical (unpaired) electrons. The maximum Gasteiger partial charge on any atom is 0.185 e. The van der Waals surface area contributed by atoms with Crippen molar-refractivity contribution in [2.24, 2.45) is 0 Å². The normalized spacial score (nSPS) is 17.9. The molecule has 0 spiro atoms. The molecule has 1 fully saturated rings. The fourth-order valence-corrected chi connectivity index (χ4v) is 3.64. The number of rotatable bonds is 2. The highest BCUT2D eigenvalue weighted by Gasteiger charge is 2.24. The first-order chi connectivity index (χ1) is 11.5. The molecule has 0 amide bonds. The predicted molar refractivity (Wildman–Crippen MR) is 103 cm³/mol. The van der Waals surface area contributed by atoms with Gasteiger partial charge < -0.3 is 0 Å². The molecular weight excluding hydrogens is 386 g/mol. The molecule has 0 aliphatic heterocycles. The van der Waals surface area contributed by atoms with Gasteiger partial charge in [0.05, 0.1) is 0 Å². The van der Waals surface area contributed by atoms with Crippen LogP contribution in [0.5, 0.6) is 0 Å². The molecule has 5 heteroatoms. The molecule has 24 heavy (non-hydrogen) atoms. The highest BCUT2D eigenvalue weighted by molar-refractivity contribution is 6.38. The number of hydrogen-bond donors (Lipinski definition) is 0. The third kappa shape index (κ3) is 3.55. The first-order valence-electron chi connectivity index (χ1n) is 7.31. The van der Waals surface area contributed by atoms with Gasteiger partial charge in [0.25, 0.3) is 0 Å². The number of benzene rings is 2. The van der Waals surface area contributed by atoms with Crippen LogP contribution in [0.3, 0.4) is 0 Å². The van der Waals surface area contributed by atoms with Crippen molar-refractivity contribution in [2.45, 2.75) is 12.8 Å². The molecule has 0 heterocycles. The zero-order chi connectivity index (χ0) is 17.3. The summed E-state index contributed by atoms with van der Waals surface area (Å²) in [7, 11) is 0. The summed E-state index contributed by atoms with van der Waals surface area (Å²) in [6.45, 7) is 0. The van der Waals surface area contributed by atoms with Gasteiger partial charge in [0, 0.05) is 42.4 Å². The van der Waals surface area contributed by atoms with Crippen molar-refractivity contribution in [1.29, 1.82) is 0 Å². The Balaban J connectivity index is 1.96. The van der Waals surface area contributed by atoms with E-state index in [4.69, 9.17) is 46.4 Å². The summed E-state index contributed by atoms with van der Waals surface area (Å²) in [5.74, 6) is -0.0260. The Morgan fingerprint density at radius 2 is 1.00 bits per heavy atom. The quantitative estimate of drug-likeness (QED) is 0.492. The minimum Gasteiger partial charge on any atom is -0.289 e. The second-order valence-electron chi connectivity index (χ2n) is 5.44. The van der Waals surface area contributed by atoms with Crippen molar-refractivity contribution in [2.75, 3.05) is 0 Å². The van der Waals surface area contributed by atoms with E-state index >= 15 is 0 Å². The zero-order valence-corrected chi connectivity index (χ0v) is 15.5. The molecule has 0 atom stereocenters. The SMILES string of the molecule is O=C1C(=Cc2c(Cl)cccc2Cl)CCC1=Cc1c(Cl)cccc1Cl. The van der Waals surface area contributed by atoms with Crippen LogP contribution >= 0.6 is 46.4 Å². The second-order valence-corrected chi connectivity index (χ2v) is 7.07. The maximum atomic E-state index is 12.7. The van der Waals surface area contributed by atoms with E-state index in [1.165, 1.54) is 0 Å². The van der Waals surface area contributed by atoms with E-state index in [1.54, 1.807) is 48.6 Å². The standard InChI is InChI=1S/C19H12Cl4O/c20-15-3-1-4-16(21)13(15)9-11-7-8-12(19(11)24)10-14-17(22)5-2-6-18(14)23/h1-6,9-10H,7-8H2. The van der Waals surface area contributed by atoms with E-state index in [-0.39, 0.29) is 5.78 Å². The van der Waals surface area contributed by atoms with Gasteiger partial charge in [-0.2, -0.15) is 0 Å². The largest absolute Gasteiger partial charge is 0.289 e. The number of halogens is 4. The highest BCUT2D eigenvalue weighted by atomic mass is 35.5. The molecule has 2 aromatic carbocycles. The summed E-state index contributed by atoms with van der Waals surface area (Å²) < 4.78 is 0. The molecule has 0 bridgehead atoms. The van der Waals surface area contributed by atoms with Crippen molar-refractivity contribution in [1.82, 2.24) is 0 Å². The van der Waals surface area contributed by atoms with Crippen LogP contribution in [0.25, 0.3) is 12.2 Å². The van der Waals surface area contributed by atoms with Gasteiger partial charge in [-0.3, -0.25) is 4.79 Å². The number of hydrogen-bond acceptors (Lipinski definition) is 1. The lowest BCUT2D eigenvalue weighted by atomic mass is 10.1. The van der Waals surface area contributed by atoms with Crippen LogP contribution in [-0.4, -0.2) is 5.78 Å². The third-order valence-corrected chi connectivity index (χ3v) is 5.20. The Morgan fingerprint density at radius 3 is 1.33 bits per heavy atom. The van der Waals surface area contributed by atoms with E-state index in [9.17, 15) is 4.79 Å². The van der Waals surface area contributed by atoms with E-state index < -0.39 is 0 Å². The Hall–Kier alpha value is -1.25. The lowest BCUT2D eigenvalue weighted by Crippen LogP contribution is -1.96. The number of ketones is 1. The average Bonchev–Trinajstić information content (AvgIpc) is 2.87. The molecule has 0 saturated heterocycles. The van der Waals surface area contributed by atoms with Gasteiger partial charge in [0.2, 0.25) is 0 Å². The van der Waals surface area contributed by atoms with Crippen LogP contribution in [0.15, 0.2) is 47.5 Å². The molecule has 0 aromatic heterocycles. The molecule has 122 valence electrons. The smallest absolute Gasteiger partial charge is 0.185 e. The number of Topliss-reactive ketones (excluding diaryl/α,β-unsaturated/α-hetero) is 1. The molecule has 1 saturated carbocycles. The summed E-state index contributed by atoms with van der Waals surface area (Å²) in [6, 6.07) is 10.5. The van der Waals surface area contributed by atoms with Gasteiger partial charge in [0.1, 0.15) is 0 Å².